The first kappa shape index (κ1) is 40.4. The molecule has 1 heterocycles. The molecule has 50 heavy (non-hydrogen) atoms. The molecule has 278 valence electrons. The molecule has 1 aliphatic rings. The molecular weight excluding hydrogens is 674 g/mol. The van der Waals surface area contributed by atoms with Gasteiger partial charge in [0.2, 0.25) is 5.91 Å². The van der Waals surface area contributed by atoms with Crippen LogP contribution in [0.15, 0.2) is 42.5 Å². The van der Waals surface area contributed by atoms with Crippen molar-refractivity contribution in [3.05, 3.63) is 53.6 Å². The van der Waals surface area contributed by atoms with Crippen LogP contribution in [0.1, 0.15) is 68.8 Å². The maximum atomic E-state index is 14.2. The van der Waals surface area contributed by atoms with Crippen LogP contribution in [0, 0.1) is 5.92 Å². The maximum absolute atomic E-state index is 14.2. The third-order valence-electron chi connectivity index (χ3n) is 8.23. The van der Waals surface area contributed by atoms with Crippen molar-refractivity contribution < 1.29 is 55.3 Å². The molecule has 0 radical (unpaired) electrons. The number of urea groups is 1. The molecule has 0 aromatic heterocycles. The molecule has 10 nitrogen and oxygen atoms in total. The van der Waals surface area contributed by atoms with Gasteiger partial charge >= 0.3 is 18.4 Å². The number of halogens is 6. The van der Waals surface area contributed by atoms with E-state index in [0.29, 0.717) is 25.9 Å². The van der Waals surface area contributed by atoms with Crippen LogP contribution in [0.25, 0.3) is 0 Å². The lowest BCUT2D eigenvalue weighted by atomic mass is 10.0. The van der Waals surface area contributed by atoms with Crippen LogP contribution in [0.4, 0.5) is 42.5 Å². The number of ether oxygens (including phenoxy) is 2. The normalized spacial score (nSPS) is 20.2. The fourth-order valence-electron chi connectivity index (χ4n) is 5.26. The first-order valence-electron chi connectivity index (χ1n) is 16.3. The predicted molar refractivity (Wildman–Crippen MR) is 174 cm³/mol. The van der Waals surface area contributed by atoms with Crippen LogP contribution in [-0.4, -0.2) is 90.5 Å². The van der Waals surface area contributed by atoms with E-state index < -0.39 is 73.3 Å². The Kier molecular flexibility index (Phi) is 14.3. The highest BCUT2D eigenvalue weighted by atomic mass is 19.4. The van der Waals surface area contributed by atoms with E-state index in [0.717, 1.165) is 24.3 Å². The molecule has 3 N–H and O–H groups in total. The smallest absolute Gasteiger partial charge is 0.416 e. The van der Waals surface area contributed by atoms with Gasteiger partial charge in [-0.2, -0.15) is 26.3 Å². The summed E-state index contributed by atoms with van der Waals surface area (Å²) in [6.45, 7) is 5.24. The number of aliphatic hydroxyl groups is 1. The molecule has 0 saturated heterocycles. The van der Waals surface area contributed by atoms with Crippen molar-refractivity contribution in [3.63, 3.8) is 0 Å². The summed E-state index contributed by atoms with van der Waals surface area (Å²) in [5, 5.41) is 15.1. The molecule has 0 saturated carbocycles. The highest BCUT2D eigenvalue weighted by molar-refractivity contribution is 5.99. The largest absolute Gasteiger partial charge is 0.490 e. The molecule has 4 atom stereocenters. The van der Waals surface area contributed by atoms with Crippen molar-refractivity contribution in [2.75, 3.05) is 44.0 Å². The van der Waals surface area contributed by atoms with E-state index in [-0.39, 0.29) is 41.9 Å². The zero-order valence-corrected chi connectivity index (χ0v) is 28.4. The summed E-state index contributed by atoms with van der Waals surface area (Å²) in [7, 11) is 1.50. The minimum atomic E-state index is -4.52. The lowest BCUT2D eigenvalue weighted by Gasteiger charge is -2.35. The monoisotopic (exact) mass is 718 g/mol. The van der Waals surface area contributed by atoms with Gasteiger partial charge in [0.25, 0.3) is 5.91 Å². The third-order valence-corrected chi connectivity index (χ3v) is 8.23. The van der Waals surface area contributed by atoms with Crippen LogP contribution in [0.3, 0.4) is 0 Å². The van der Waals surface area contributed by atoms with Gasteiger partial charge in [0, 0.05) is 50.5 Å². The van der Waals surface area contributed by atoms with Crippen LogP contribution in [0.5, 0.6) is 5.75 Å². The molecule has 4 amide bonds. The molecule has 1 aliphatic heterocycles. The number of benzene rings is 2. The van der Waals surface area contributed by atoms with Crippen molar-refractivity contribution in [1.29, 1.82) is 0 Å². The van der Waals surface area contributed by atoms with E-state index in [4.69, 9.17) is 9.47 Å². The van der Waals surface area contributed by atoms with Gasteiger partial charge in [0.15, 0.2) is 0 Å². The summed E-state index contributed by atoms with van der Waals surface area (Å²) in [6, 6.07) is 6.95. The zero-order chi connectivity index (χ0) is 37.2. The number of rotatable bonds is 8. The molecule has 0 unspecified atom stereocenters. The summed E-state index contributed by atoms with van der Waals surface area (Å²) >= 11 is 0. The average molecular weight is 719 g/mol. The summed E-state index contributed by atoms with van der Waals surface area (Å²) in [4.78, 5) is 42.2. The Morgan fingerprint density at radius 1 is 1.02 bits per heavy atom. The van der Waals surface area contributed by atoms with Crippen molar-refractivity contribution >= 4 is 29.2 Å². The highest BCUT2D eigenvalue weighted by Crippen LogP contribution is 2.31. The molecule has 16 heteroatoms. The number of carbonyl (C=O) groups is 3. The van der Waals surface area contributed by atoms with Gasteiger partial charge in [-0.25, -0.2) is 4.79 Å². The number of amides is 4. The standard InChI is InChI=1S/C34H44F6N4O6/c1-21-18-44(22(2)20-45)31(47)27-17-26(41-30(46)14-15-33(35,36)37)12-13-28(27)50-23(3)7-5-6-16-49-29(21)19-43(4)32(48)42-25-10-8-24(9-11-25)34(38,39)40/h8-13,17,21-23,29,45H,5-7,14-16,18-20H2,1-4H3,(H,41,46)(H,42,48)/t21-,22-,23+,29+/m0/s1. The topological polar surface area (TPSA) is 120 Å². The Labute approximate surface area is 287 Å². The lowest BCUT2D eigenvalue weighted by Crippen LogP contribution is -2.48. The minimum Gasteiger partial charge on any atom is -0.490 e. The lowest BCUT2D eigenvalue weighted by molar-refractivity contribution is -0.142. The van der Waals surface area contributed by atoms with E-state index in [1.54, 1.807) is 13.8 Å². The number of carbonyl (C=O) groups excluding carboxylic acids is 3. The number of fused-ring (bicyclic) bond motifs is 1. The van der Waals surface area contributed by atoms with Gasteiger partial charge in [0.05, 0.1) is 42.4 Å². The van der Waals surface area contributed by atoms with E-state index >= 15 is 0 Å². The van der Waals surface area contributed by atoms with Gasteiger partial charge in [-0.1, -0.05) is 6.92 Å². The number of anilines is 2. The molecule has 3 rings (SSSR count). The third kappa shape index (κ3) is 12.4. The van der Waals surface area contributed by atoms with Crippen LogP contribution < -0.4 is 15.4 Å². The second kappa shape index (κ2) is 17.7. The van der Waals surface area contributed by atoms with E-state index in [1.165, 1.54) is 35.0 Å². The number of hydrogen-bond acceptors (Lipinski definition) is 6. The fraction of sp³-hybridized carbons (Fsp3) is 0.559. The molecule has 2 aromatic rings. The molecule has 0 spiro atoms. The van der Waals surface area contributed by atoms with Crippen LogP contribution in [-0.2, 0) is 15.7 Å². The number of alkyl halides is 6. The summed E-state index contributed by atoms with van der Waals surface area (Å²) < 4.78 is 89.2. The Hall–Kier alpha value is -4.05. The Morgan fingerprint density at radius 2 is 1.68 bits per heavy atom. The van der Waals surface area contributed by atoms with Gasteiger partial charge in [-0.05, 0) is 75.6 Å². The summed E-state index contributed by atoms with van der Waals surface area (Å²) in [6.07, 6.45) is -10.2. The van der Waals surface area contributed by atoms with Crippen molar-refractivity contribution in [3.8, 4) is 5.75 Å². The Morgan fingerprint density at radius 3 is 2.30 bits per heavy atom. The second-order valence-corrected chi connectivity index (χ2v) is 12.6. The summed E-state index contributed by atoms with van der Waals surface area (Å²) in [5.74, 6) is -1.68. The van der Waals surface area contributed by atoms with E-state index in [1.807, 2.05) is 6.92 Å². The SMILES string of the molecule is C[C@@H]1CCCCO[C@H](CN(C)C(=O)Nc2ccc(C(F)(F)F)cc2)[C@@H](C)CN([C@@H](C)CO)C(=O)c2cc(NC(=O)CCC(F)(F)F)ccc2O1. The molecule has 2 aromatic carbocycles. The van der Waals surface area contributed by atoms with Gasteiger partial charge in [0.1, 0.15) is 5.75 Å². The first-order chi connectivity index (χ1) is 23.4. The van der Waals surface area contributed by atoms with Gasteiger partial charge in [-0.3, -0.25) is 9.59 Å². The number of hydrogen-bond donors (Lipinski definition) is 3. The van der Waals surface area contributed by atoms with Crippen LogP contribution >= 0.6 is 0 Å². The Balaban J connectivity index is 1.85. The van der Waals surface area contributed by atoms with Gasteiger partial charge < -0.3 is 35.0 Å². The van der Waals surface area contributed by atoms with E-state index in [9.17, 15) is 45.8 Å². The maximum Gasteiger partial charge on any atom is 0.416 e. The van der Waals surface area contributed by atoms with E-state index in [2.05, 4.69) is 10.6 Å². The Bertz CT molecular complexity index is 1440. The van der Waals surface area contributed by atoms with Crippen LogP contribution in [0.2, 0.25) is 0 Å². The molecule has 0 bridgehead atoms. The number of likely N-dealkylation sites (N-methyl/N-ethyl adjacent to an activating group) is 1. The van der Waals surface area contributed by atoms with Crippen molar-refractivity contribution in [1.82, 2.24) is 9.80 Å². The quantitative estimate of drug-likeness (QED) is 0.255. The first-order valence-corrected chi connectivity index (χ1v) is 16.3. The molecule has 0 aliphatic carbocycles. The zero-order valence-electron chi connectivity index (χ0n) is 28.4. The number of nitrogens with zero attached hydrogens (tertiary/aromatic N) is 2. The number of nitrogens with one attached hydrogen (secondary N) is 2. The second-order valence-electron chi connectivity index (χ2n) is 12.6. The molecular formula is C34H44F6N4O6. The average Bonchev–Trinajstić information content (AvgIpc) is 3.04. The van der Waals surface area contributed by atoms with Gasteiger partial charge in [-0.15, -0.1) is 0 Å². The highest BCUT2D eigenvalue weighted by Gasteiger charge is 2.33. The van der Waals surface area contributed by atoms with Crippen molar-refractivity contribution in [2.24, 2.45) is 5.92 Å². The fourth-order valence-corrected chi connectivity index (χ4v) is 5.26. The van der Waals surface area contributed by atoms with Crippen molar-refractivity contribution in [2.45, 2.75) is 83.5 Å². The predicted octanol–water partition coefficient (Wildman–Crippen LogP) is 6.95. The molecule has 0 fully saturated rings. The summed E-state index contributed by atoms with van der Waals surface area (Å²) in [5.41, 5.74) is -0.574. The minimum absolute atomic E-state index is 0.0283. The number of aliphatic hydroxyl groups excluding tert-OH is 1.